The number of likely N-dealkylation sites (tertiary alicyclic amines) is 1. The lowest BCUT2D eigenvalue weighted by atomic mass is 9.94. The molecule has 1 aromatic heterocycles. The van der Waals surface area contributed by atoms with Crippen LogP contribution in [0.15, 0.2) is 54.7 Å². The molecule has 33 heavy (non-hydrogen) atoms. The molecule has 2 aromatic carbocycles. The number of piperidine rings is 1. The first-order valence-electron chi connectivity index (χ1n) is 11.9. The van der Waals surface area contributed by atoms with Gasteiger partial charge in [-0.15, -0.1) is 0 Å². The maximum Gasteiger partial charge on any atom is 0.225 e. The van der Waals surface area contributed by atoms with E-state index in [9.17, 15) is 9.18 Å². The zero-order valence-electron chi connectivity index (χ0n) is 19.8. The van der Waals surface area contributed by atoms with E-state index in [1.165, 1.54) is 6.07 Å². The van der Waals surface area contributed by atoms with Crippen LogP contribution in [-0.4, -0.2) is 51.7 Å². The highest BCUT2D eigenvalue weighted by molar-refractivity contribution is 5.78. The van der Waals surface area contributed by atoms with Crippen LogP contribution in [0.1, 0.15) is 37.8 Å². The Labute approximate surface area is 195 Å². The normalized spacial score (nSPS) is 15.0. The number of nitrogens with zero attached hydrogens (tertiary/aromatic N) is 4. The second kappa shape index (κ2) is 10.3. The van der Waals surface area contributed by atoms with Crippen molar-refractivity contribution in [1.29, 1.82) is 0 Å². The Morgan fingerprint density at radius 1 is 1.09 bits per heavy atom. The Kier molecular flexibility index (Phi) is 7.23. The summed E-state index contributed by atoms with van der Waals surface area (Å²) < 4.78 is 15.9. The molecule has 0 N–H and O–H groups in total. The van der Waals surface area contributed by atoms with Gasteiger partial charge < -0.3 is 4.90 Å². The molecule has 0 aliphatic carbocycles. The van der Waals surface area contributed by atoms with Gasteiger partial charge in [0.25, 0.3) is 0 Å². The molecule has 0 bridgehead atoms. The molecule has 2 heterocycles. The van der Waals surface area contributed by atoms with Crippen molar-refractivity contribution >= 4 is 5.91 Å². The fraction of sp³-hybridized carbons (Fsp3) is 0.407. The second-order valence-corrected chi connectivity index (χ2v) is 8.86. The maximum absolute atomic E-state index is 14.0. The summed E-state index contributed by atoms with van der Waals surface area (Å²) >= 11 is 0. The fourth-order valence-electron chi connectivity index (χ4n) is 4.68. The van der Waals surface area contributed by atoms with Crippen LogP contribution in [-0.2, 0) is 11.3 Å². The monoisotopic (exact) mass is 448 g/mol. The highest BCUT2D eigenvalue weighted by atomic mass is 19.1. The Balaban J connectivity index is 1.55. The van der Waals surface area contributed by atoms with E-state index in [4.69, 9.17) is 5.10 Å². The first kappa shape index (κ1) is 23.2. The van der Waals surface area contributed by atoms with E-state index >= 15 is 0 Å². The van der Waals surface area contributed by atoms with Gasteiger partial charge in [0.2, 0.25) is 5.91 Å². The minimum absolute atomic E-state index is 0.110. The number of hydrogen-bond donors (Lipinski definition) is 0. The van der Waals surface area contributed by atoms with Gasteiger partial charge in [0.1, 0.15) is 5.82 Å². The summed E-state index contributed by atoms with van der Waals surface area (Å²) in [5, 5.41) is 4.85. The third-order valence-corrected chi connectivity index (χ3v) is 6.56. The lowest BCUT2D eigenvalue weighted by molar-refractivity contribution is -0.136. The molecule has 0 saturated carbocycles. The van der Waals surface area contributed by atoms with Crippen molar-refractivity contribution in [2.45, 2.75) is 40.2 Å². The Morgan fingerprint density at radius 2 is 1.82 bits per heavy atom. The molecule has 6 heteroatoms. The maximum atomic E-state index is 14.0. The molecule has 0 atom stereocenters. The molecule has 5 nitrogen and oxygen atoms in total. The number of aryl methyl sites for hydroxylation is 1. The van der Waals surface area contributed by atoms with E-state index in [1.54, 1.807) is 12.1 Å². The van der Waals surface area contributed by atoms with Crippen molar-refractivity contribution in [3.8, 4) is 16.9 Å². The number of carbonyl (C=O) groups is 1. The first-order chi connectivity index (χ1) is 16.0. The highest BCUT2D eigenvalue weighted by Crippen LogP contribution is 2.28. The molecule has 0 unspecified atom stereocenters. The van der Waals surface area contributed by atoms with Gasteiger partial charge in [-0.3, -0.25) is 9.69 Å². The van der Waals surface area contributed by atoms with E-state index in [2.05, 4.69) is 30.2 Å². The van der Waals surface area contributed by atoms with E-state index in [-0.39, 0.29) is 17.6 Å². The molecule has 1 amide bonds. The summed E-state index contributed by atoms with van der Waals surface area (Å²) in [5.74, 6) is 0.130. The summed E-state index contributed by atoms with van der Waals surface area (Å²) in [6.07, 6.45) is 3.80. The van der Waals surface area contributed by atoms with Gasteiger partial charge in [-0.05, 0) is 76.5 Å². The Hall–Kier alpha value is -2.99. The molecular weight excluding hydrogens is 415 g/mol. The lowest BCUT2D eigenvalue weighted by Crippen LogP contribution is -2.42. The van der Waals surface area contributed by atoms with E-state index < -0.39 is 0 Å². The summed E-state index contributed by atoms with van der Waals surface area (Å²) in [7, 11) is 0. The molecule has 1 saturated heterocycles. The molecule has 1 aliphatic heterocycles. The number of halogens is 1. The standard InChI is InChI=1S/C27H33FN4O/c1-4-31(5-2)27(33)21-12-14-30(15-13-21)18-23-19-32(25-11-6-8-20(3)16-25)29-26(23)22-9-7-10-24(28)17-22/h6-11,16-17,19,21H,4-5,12-15,18H2,1-3H3. The molecule has 174 valence electrons. The molecule has 0 spiro atoms. The minimum Gasteiger partial charge on any atom is -0.343 e. The van der Waals surface area contributed by atoms with Crippen molar-refractivity contribution in [2.24, 2.45) is 5.92 Å². The number of amides is 1. The smallest absolute Gasteiger partial charge is 0.225 e. The van der Waals surface area contributed by atoms with Crippen molar-refractivity contribution in [1.82, 2.24) is 19.6 Å². The van der Waals surface area contributed by atoms with Gasteiger partial charge in [0.05, 0.1) is 11.4 Å². The summed E-state index contributed by atoms with van der Waals surface area (Å²) in [4.78, 5) is 17.1. The van der Waals surface area contributed by atoms with Gasteiger partial charge in [0, 0.05) is 42.9 Å². The number of hydrogen-bond acceptors (Lipinski definition) is 3. The van der Waals surface area contributed by atoms with Gasteiger partial charge in [-0.2, -0.15) is 5.10 Å². The molecule has 3 aromatic rings. The highest BCUT2D eigenvalue weighted by Gasteiger charge is 2.28. The minimum atomic E-state index is -0.265. The van der Waals surface area contributed by atoms with Crippen molar-refractivity contribution in [2.75, 3.05) is 26.2 Å². The van der Waals surface area contributed by atoms with Crippen molar-refractivity contribution < 1.29 is 9.18 Å². The van der Waals surface area contributed by atoms with Gasteiger partial charge in [-0.1, -0.05) is 24.3 Å². The number of aromatic nitrogens is 2. The third-order valence-electron chi connectivity index (χ3n) is 6.56. The van der Waals surface area contributed by atoms with E-state index in [0.29, 0.717) is 0 Å². The average molecular weight is 449 g/mol. The van der Waals surface area contributed by atoms with Gasteiger partial charge >= 0.3 is 0 Å². The van der Waals surface area contributed by atoms with Crippen LogP contribution in [0.25, 0.3) is 16.9 Å². The Morgan fingerprint density at radius 3 is 2.48 bits per heavy atom. The lowest BCUT2D eigenvalue weighted by Gasteiger charge is -2.33. The van der Waals surface area contributed by atoms with Gasteiger partial charge in [-0.25, -0.2) is 9.07 Å². The molecule has 0 radical (unpaired) electrons. The summed E-state index contributed by atoms with van der Waals surface area (Å²) in [6.45, 7) is 10.1. The fourth-order valence-corrected chi connectivity index (χ4v) is 4.68. The Bertz CT molecular complexity index is 1100. The van der Waals surface area contributed by atoms with Crippen LogP contribution in [0, 0.1) is 18.7 Å². The zero-order chi connectivity index (χ0) is 23.4. The molecule has 4 rings (SSSR count). The van der Waals surface area contributed by atoms with Crippen LogP contribution in [0.3, 0.4) is 0 Å². The quantitative estimate of drug-likeness (QED) is 0.507. The van der Waals surface area contributed by atoms with Crippen LogP contribution in [0.2, 0.25) is 0 Å². The number of carbonyl (C=O) groups excluding carboxylic acids is 1. The molecule has 1 fully saturated rings. The largest absolute Gasteiger partial charge is 0.343 e. The van der Waals surface area contributed by atoms with E-state index in [0.717, 1.165) is 73.6 Å². The van der Waals surface area contributed by atoms with Crippen LogP contribution < -0.4 is 0 Å². The SMILES string of the molecule is CCN(CC)C(=O)C1CCN(Cc2cn(-c3cccc(C)c3)nc2-c2cccc(F)c2)CC1. The van der Waals surface area contributed by atoms with Crippen LogP contribution in [0.4, 0.5) is 4.39 Å². The van der Waals surface area contributed by atoms with Crippen LogP contribution >= 0.6 is 0 Å². The van der Waals surface area contributed by atoms with Crippen molar-refractivity contribution in [3.63, 3.8) is 0 Å². The average Bonchev–Trinajstić information content (AvgIpc) is 3.24. The predicted octanol–water partition coefficient (Wildman–Crippen LogP) is 5.07. The zero-order valence-corrected chi connectivity index (χ0v) is 19.8. The predicted molar refractivity (Wildman–Crippen MR) is 130 cm³/mol. The van der Waals surface area contributed by atoms with Gasteiger partial charge in [0.15, 0.2) is 0 Å². The third kappa shape index (κ3) is 5.33. The molecular formula is C27H33FN4O. The molecule has 1 aliphatic rings. The topological polar surface area (TPSA) is 41.4 Å². The summed E-state index contributed by atoms with van der Waals surface area (Å²) in [5.41, 5.74) is 4.80. The summed E-state index contributed by atoms with van der Waals surface area (Å²) in [6, 6.07) is 14.8. The second-order valence-electron chi connectivity index (χ2n) is 8.86. The van der Waals surface area contributed by atoms with E-state index in [1.807, 2.05) is 41.6 Å². The number of rotatable bonds is 7. The van der Waals surface area contributed by atoms with Crippen molar-refractivity contribution in [3.05, 3.63) is 71.7 Å². The first-order valence-corrected chi connectivity index (χ1v) is 11.9. The van der Waals surface area contributed by atoms with Crippen LogP contribution in [0.5, 0.6) is 0 Å². The number of benzene rings is 2.